The number of H-pyrrole nitrogens is 1. The Morgan fingerprint density at radius 1 is 1.12 bits per heavy atom. The summed E-state index contributed by atoms with van der Waals surface area (Å²) in [6, 6.07) is 16.7. The molecule has 1 aliphatic rings. The van der Waals surface area contributed by atoms with Gasteiger partial charge in [-0.25, -0.2) is 4.98 Å². The van der Waals surface area contributed by atoms with E-state index in [9.17, 15) is 14.4 Å². The van der Waals surface area contributed by atoms with Gasteiger partial charge in [-0.3, -0.25) is 14.4 Å². The second-order valence-electron chi connectivity index (χ2n) is 8.49. The molecule has 8 nitrogen and oxygen atoms in total. The minimum absolute atomic E-state index is 0.00836. The molecule has 0 saturated heterocycles. The minimum atomic E-state index is -0.520. The van der Waals surface area contributed by atoms with Gasteiger partial charge in [-0.15, -0.1) is 0 Å². The summed E-state index contributed by atoms with van der Waals surface area (Å²) in [5.74, 6) is -0.294. The highest BCUT2D eigenvalue weighted by Crippen LogP contribution is 2.29. The summed E-state index contributed by atoms with van der Waals surface area (Å²) in [4.78, 5) is 45.8. The molecule has 3 aromatic rings. The van der Waals surface area contributed by atoms with Crippen molar-refractivity contribution in [2.45, 2.75) is 44.7 Å². The number of likely N-dealkylation sites (N-methyl/N-ethyl adjacent to an activating group) is 1. The number of carbonyl (C=O) groups excluding carboxylic acids is 2. The number of amides is 2. The van der Waals surface area contributed by atoms with Gasteiger partial charge in [0.05, 0.1) is 24.2 Å². The summed E-state index contributed by atoms with van der Waals surface area (Å²) < 4.78 is 0. The highest BCUT2D eigenvalue weighted by Gasteiger charge is 2.24. The average molecular weight is 460 g/mol. The van der Waals surface area contributed by atoms with Crippen LogP contribution in [-0.4, -0.2) is 34.9 Å². The topological polar surface area (TPSA) is 116 Å². The van der Waals surface area contributed by atoms with Crippen LogP contribution in [0.15, 0.2) is 59.4 Å². The maximum absolute atomic E-state index is 13.1. The lowest BCUT2D eigenvalue weighted by molar-refractivity contribution is -0.121. The number of aromatic nitrogens is 2. The molecule has 0 radical (unpaired) electrons. The lowest BCUT2D eigenvalue weighted by Gasteiger charge is -2.26. The van der Waals surface area contributed by atoms with E-state index in [-0.39, 0.29) is 35.7 Å². The molecule has 8 heteroatoms. The first-order valence-electron chi connectivity index (χ1n) is 11.5. The van der Waals surface area contributed by atoms with E-state index < -0.39 is 11.6 Å². The molecule has 176 valence electrons. The van der Waals surface area contributed by atoms with Crippen molar-refractivity contribution < 1.29 is 9.59 Å². The average Bonchev–Trinajstić information content (AvgIpc) is 2.86. The van der Waals surface area contributed by atoms with Gasteiger partial charge in [0.25, 0.3) is 5.56 Å². The summed E-state index contributed by atoms with van der Waals surface area (Å²) in [5.41, 5.74) is 2.79. The van der Waals surface area contributed by atoms with E-state index in [1.165, 1.54) is 5.56 Å². The predicted octanol–water partition coefficient (Wildman–Crippen LogP) is 2.72. The molecule has 2 atom stereocenters. The Bertz CT molecular complexity index is 1240. The Kier molecular flexibility index (Phi) is 7.18. The quantitative estimate of drug-likeness (QED) is 0.434. The molecule has 0 bridgehead atoms. The van der Waals surface area contributed by atoms with Gasteiger partial charge in [0.15, 0.2) is 0 Å². The smallest absolute Gasteiger partial charge is 0.275 e. The molecule has 2 amide bonds. The highest BCUT2D eigenvalue weighted by atomic mass is 16.2. The van der Waals surface area contributed by atoms with E-state index in [4.69, 9.17) is 0 Å². The van der Waals surface area contributed by atoms with Crippen molar-refractivity contribution in [3.63, 3.8) is 0 Å². The van der Waals surface area contributed by atoms with Crippen molar-refractivity contribution in [3.8, 4) is 11.4 Å². The maximum atomic E-state index is 13.1. The second-order valence-corrected chi connectivity index (χ2v) is 8.49. The number of benzene rings is 2. The molecule has 1 heterocycles. The largest absolute Gasteiger partial charge is 0.349 e. The fraction of sp³-hybridized carbons (Fsp3) is 0.308. The first-order valence-corrected chi connectivity index (χ1v) is 11.5. The standard InChI is InChI=1S/C26H29N5O3/c1-16(27-2)25(33)30-23-21(29-24(31-26(23)34)18-10-4-3-5-11-18)15-22(32)28-20-14-8-12-17-9-6-7-13-19(17)20/h3-7,9-11,13,16,20,27H,8,12,14-15H2,1-2H3,(H,28,32)(H,30,33)(H,29,31,34)/t16-,20+/m0/s1. The number of rotatable bonds is 7. The highest BCUT2D eigenvalue weighted by molar-refractivity contribution is 5.95. The number of aromatic amines is 1. The fourth-order valence-corrected chi connectivity index (χ4v) is 4.17. The molecule has 2 aromatic carbocycles. The monoisotopic (exact) mass is 459 g/mol. The molecule has 0 spiro atoms. The van der Waals surface area contributed by atoms with Crippen LogP contribution in [0.25, 0.3) is 11.4 Å². The number of hydrogen-bond acceptors (Lipinski definition) is 5. The van der Waals surface area contributed by atoms with Crippen molar-refractivity contribution in [3.05, 3.63) is 81.8 Å². The van der Waals surface area contributed by atoms with Crippen molar-refractivity contribution in [1.29, 1.82) is 0 Å². The van der Waals surface area contributed by atoms with Crippen LogP contribution in [-0.2, 0) is 22.4 Å². The molecule has 0 aliphatic heterocycles. The Morgan fingerprint density at radius 2 is 1.85 bits per heavy atom. The van der Waals surface area contributed by atoms with Gasteiger partial charge in [0, 0.05) is 5.56 Å². The zero-order chi connectivity index (χ0) is 24.1. The number of hydrogen-bond donors (Lipinski definition) is 4. The number of nitrogens with one attached hydrogen (secondary N) is 4. The number of aryl methyl sites for hydroxylation is 1. The van der Waals surface area contributed by atoms with Crippen LogP contribution >= 0.6 is 0 Å². The summed E-state index contributed by atoms with van der Waals surface area (Å²) in [5, 5.41) is 8.59. The van der Waals surface area contributed by atoms with Crippen LogP contribution in [0.2, 0.25) is 0 Å². The molecular formula is C26H29N5O3. The summed E-state index contributed by atoms with van der Waals surface area (Å²) in [7, 11) is 1.65. The third-order valence-electron chi connectivity index (χ3n) is 6.15. The molecule has 1 aliphatic carbocycles. The number of anilines is 1. The van der Waals surface area contributed by atoms with E-state index in [2.05, 4.69) is 32.0 Å². The van der Waals surface area contributed by atoms with Crippen LogP contribution in [0.4, 0.5) is 5.69 Å². The maximum Gasteiger partial charge on any atom is 0.275 e. The predicted molar refractivity (Wildman–Crippen MR) is 131 cm³/mol. The Balaban J connectivity index is 1.63. The molecule has 34 heavy (non-hydrogen) atoms. The summed E-state index contributed by atoms with van der Waals surface area (Å²) in [6.45, 7) is 1.68. The van der Waals surface area contributed by atoms with Crippen molar-refractivity contribution in [2.75, 3.05) is 12.4 Å². The van der Waals surface area contributed by atoms with Gasteiger partial charge >= 0.3 is 0 Å². The van der Waals surface area contributed by atoms with E-state index in [1.807, 2.05) is 48.5 Å². The minimum Gasteiger partial charge on any atom is -0.349 e. The van der Waals surface area contributed by atoms with Crippen molar-refractivity contribution in [1.82, 2.24) is 20.6 Å². The van der Waals surface area contributed by atoms with Gasteiger partial charge in [-0.1, -0.05) is 54.6 Å². The first-order chi connectivity index (χ1) is 16.5. The summed E-state index contributed by atoms with van der Waals surface area (Å²) in [6.07, 6.45) is 2.71. The molecule has 1 aromatic heterocycles. The fourth-order valence-electron chi connectivity index (χ4n) is 4.17. The van der Waals surface area contributed by atoms with E-state index in [1.54, 1.807) is 14.0 Å². The van der Waals surface area contributed by atoms with E-state index in [0.717, 1.165) is 24.8 Å². The van der Waals surface area contributed by atoms with Gasteiger partial charge in [0.2, 0.25) is 11.8 Å². The van der Waals surface area contributed by atoms with Crippen LogP contribution in [0.3, 0.4) is 0 Å². The Labute approximate surface area is 198 Å². The lowest BCUT2D eigenvalue weighted by Crippen LogP contribution is -2.38. The second kappa shape index (κ2) is 10.4. The SMILES string of the molecule is CN[C@@H](C)C(=O)Nc1c(CC(=O)N[C@@H]2CCCc3ccccc32)nc(-c2ccccc2)[nH]c1=O. The summed E-state index contributed by atoms with van der Waals surface area (Å²) >= 11 is 0. The molecule has 0 fully saturated rings. The van der Waals surface area contributed by atoms with Crippen molar-refractivity contribution in [2.24, 2.45) is 0 Å². The zero-order valence-electron chi connectivity index (χ0n) is 19.4. The van der Waals surface area contributed by atoms with Gasteiger partial charge in [-0.05, 0) is 44.4 Å². The van der Waals surface area contributed by atoms with Crippen LogP contribution in [0, 0.1) is 0 Å². The van der Waals surface area contributed by atoms with E-state index in [0.29, 0.717) is 11.4 Å². The third kappa shape index (κ3) is 5.23. The number of carbonyl (C=O) groups is 2. The van der Waals surface area contributed by atoms with Gasteiger partial charge < -0.3 is 20.9 Å². The molecule has 0 unspecified atom stereocenters. The molecule has 4 rings (SSSR count). The lowest BCUT2D eigenvalue weighted by atomic mass is 9.87. The number of fused-ring (bicyclic) bond motifs is 1. The molecular weight excluding hydrogens is 430 g/mol. The van der Waals surface area contributed by atoms with Crippen LogP contribution in [0.5, 0.6) is 0 Å². The van der Waals surface area contributed by atoms with Crippen LogP contribution < -0.4 is 21.5 Å². The normalized spacial score (nSPS) is 15.8. The molecule has 0 saturated carbocycles. The van der Waals surface area contributed by atoms with Gasteiger partial charge in [0.1, 0.15) is 11.5 Å². The van der Waals surface area contributed by atoms with E-state index >= 15 is 0 Å². The number of nitrogens with zero attached hydrogens (tertiary/aromatic N) is 1. The van der Waals surface area contributed by atoms with Crippen molar-refractivity contribution >= 4 is 17.5 Å². The van der Waals surface area contributed by atoms with Gasteiger partial charge in [-0.2, -0.15) is 0 Å². The Morgan fingerprint density at radius 3 is 2.62 bits per heavy atom. The molecule has 4 N–H and O–H groups in total. The Hall–Kier alpha value is -3.78. The zero-order valence-corrected chi connectivity index (χ0v) is 19.4. The third-order valence-corrected chi connectivity index (χ3v) is 6.15. The first kappa shape index (κ1) is 23.4. The van der Waals surface area contributed by atoms with Crippen LogP contribution in [0.1, 0.15) is 42.6 Å².